The summed E-state index contributed by atoms with van der Waals surface area (Å²) in [6.07, 6.45) is 0. The Balaban J connectivity index is 2.91. The molecule has 94 valence electrons. The molecule has 0 aliphatic rings. The molecular weight excluding hydrogens is 244 g/mol. The maximum Gasteiger partial charge on any atom is 0.322 e. The number of hydrogen-bond donors (Lipinski definition) is 2. The highest BCUT2D eigenvalue weighted by Gasteiger charge is 2.17. The van der Waals surface area contributed by atoms with E-state index in [0.29, 0.717) is 16.9 Å². The Morgan fingerprint density at radius 1 is 1.47 bits per heavy atom. The van der Waals surface area contributed by atoms with Crippen LogP contribution in [-0.4, -0.2) is 27.2 Å². The van der Waals surface area contributed by atoms with Crippen molar-refractivity contribution in [1.29, 1.82) is 0 Å². The summed E-state index contributed by atoms with van der Waals surface area (Å²) in [4.78, 5) is 10.9. The van der Waals surface area contributed by atoms with E-state index in [-0.39, 0.29) is 0 Å². The predicted octanol–water partition coefficient (Wildman–Crippen LogP) is 0.492. The van der Waals surface area contributed by atoms with Crippen LogP contribution in [0.1, 0.15) is 5.56 Å². The van der Waals surface area contributed by atoms with Gasteiger partial charge in [-0.1, -0.05) is 6.07 Å². The van der Waals surface area contributed by atoms with Crippen molar-refractivity contribution in [2.45, 2.75) is 6.92 Å². The first kappa shape index (κ1) is 13.3. The molecule has 3 N–H and O–H groups in total. The SMILES string of the molecule is COC(=O)CS(=O)(=O)Nc1cccc(N)c1C. The molecule has 0 saturated carbocycles. The molecule has 0 saturated heterocycles. The molecule has 6 nitrogen and oxygen atoms in total. The Morgan fingerprint density at radius 2 is 2.12 bits per heavy atom. The molecule has 0 unspecified atom stereocenters. The van der Waals surface area contributed by atoms with E-state index < -0.39 is 21.7 Å². The molecule has 0 bridgehead atoms. The molecule has 1 aromatic rings. The zero-order valence-electron chi connectivity index (χ0n) is 9.56. The van der Waals surface area contributed by atoms with E-state index in [1.807, 2.05) is 0 Å². The average molecular weight is 258 g/mol. The third-order valence-corrected chi connectivity index (χ3v) is 3.32. The van der Waals surface area contributed by atoms with E-state index in [2.05, 4.69) is 9.46 Å². The quantitative estimate of drug-likeness (QED) is 0.605. The molecule has 0 heterocycles. The maximum atomic E-state index is 11.6. The minimum atomic E-state index is -3.77. The van der Waals surface area contributed by atoms with Gasteiger partial charge in [0, 0.05) is 5.69 Å². The second-order valence-corrected chi connectivity index (χ2v) is 5.18. The number of nitrogens with two attached hydrogens (primary N) is 1. The molecule has 0 radical (unpaired) electrons. The smallest absolute Gasteiger partial charge is 0.322 e. The zero-order valence-corrected chi connectivity index (χ0v) is 10.4. The summed E-state index contributed by atoms with van der Waals surface area (Å²) in [7, 11) is -2.64. The predicted molar refractivity (Wildman–Crippen MR) is 65.0 cm³/mol. The van der Waals surface area contributed by atoms with Crippen molar-refractivity contribution >= 4 is 27.4 Å². The molecule has 0 aromatic heterocycles. The van der Waals surface area contributed by atoms with Crippen LogP contribution >= 0.6 is 0 Å². The van der Waals surface area contributed by atoms with Gasteiger partial charge in [0.25, 0.3) is 0 Å². The minimum absolute atomic E-state index is 0.355. The van der Waals surface area contributed by atoms with Crippen molar-refractivity contribution < 1.29 is 17.9 Å². The number of rotatable bonds is 4. The fourth-order valence-corrected chi connectivity index (χ4v) is 2.24. The van der Waals surface area contributed by atoms with Crippen molar-refractivity contribution in [3.63, 3.8) is 0 Å². The molecule has 17 heavy (non-hydrogen) atoms. The first-order chi connectivity index (χ1) is 7.85. The lowest BCUT2D eigenvalue weighted by atomic mass is 10.2. The summed E-state index contributed by atoms with van der Waals surface area (Å²) in [5.74, 6) is -1.54. The summed E-state index contributed by atoms with van der Waals surface area (Å²) >= 11 is 0. The Hall–Kier alpha value is -1.76. The van der Waals surface area contributed by atoms with Gasteiger partial charge in [-0.3, -0.25) is 9.52 Å². The normalized spacial score (nSPS) is 10.9. The number of anilines is 2. The minimum Gasteiger partial charge on any atom is -0.468 e. The lowest BCUT2D eigenvalue weighted by Crippen LogP contribution is -2.24. The number of sulfonamides is 1. The van der Waals surface area contributed by atoms with Crippen molar-refractivity contribution in [3.05, 3.63) is 23.8 Å². The van der Waals surface area contributed by atoms with Crippen LogP contribution in [0.3, 0.4) is 0 Å². The molecule has 0 amide bonds. The Labute approximate surface area is 99.8 Å². The third kappa shape index (κ3) is 3.63. The van der Waals surface area contributed by atoms with Gasteiger partial charge in [0.15, 0.2) is 5.75 Å². The van der Waals surface area contributed by atoms with E-state index >= 15 is 0 Å². The van der Waals surface area contributed by atoms with E-state index in [4.69, 9.17) is 5.73 Å². The number of benzene rings is 1. The van der Waals surface area contributed by atoms with Crippen LogP contribution < -0.4 is 10.5 Å². The highest BCUT2D eigenvalue weighted by atomic mass is 32.2. The van der Waals surface area contributed by atoms with Crippen LogP contribution in [0.15, 0.2) is 18.2 Å². The molecular formula is C10H14N2O4S. The highest BCUT2D eigenvalue weighted by molar-refractivity contribution is 7.93. The largest absolute Gasteiger partial charge is 0.468 e. The first-order valence-corrected chi connectivity index (χ1v) is 6.43. The van der Waals surface area contributed by atoms with Crippen LogP contribution in [-0.2, 0) is 19.6 Å². The van der Waals surface area contributed by atoms with Gasteiger partial charge in [0.05, 0.1) is 12.8 Å². The van der Waals surface area contributed by atoms with Gasteiger partial charge in [0.1, 0.15) is 0 Å². The van der Waals surface area contributed by atoms with Gasteiger partial charge >= 0.3 is 5.97 Å². The summed E-state index contributed by atoms with van der Waals surface area (Å²) in [5.41, 5.74) is 7.08. The number of ether oxygens (including phenoxy) is 1. The van der Waals surface area contributed by atoms with Crippen LogP contribution in [0, 0.1) is 6.92 Å². The summed E-state index contributed by atoms with van der Waals surface area (Å²) in [6.45, 7) is 1.69. The van der Waals surface area contributed by atoms with Crippen molar-refractivity contribution in [3.8, 4) is 0 Å². The Morgan fingerprint density at radius 3 is 2.71 bits per heavy atom. The number of nitrogens with one attached hydrogen (secondary N) is 1. The van der Waals surface area contributed by atoms with Crippen LogP contribution in [0.4, 0.5) is 11.4 Å². The molecule has 0 spiro atoms. The molecule has 0 aliphatic carbocycles. The van der Waals surface area contributed by atoms with Gasteiger partial charge in [-0.25, -0.2) is 8.42 Å². The monoisotopic (exact) mass is 258 g/mol. The second-order valence-electron chi connectivity index (χ2n) is 3.46. The molecule has 1 aromatic carbocycles. The second kappa shape index (κ2) is 5.05. The molecule has 1 rings (SSSR count). The lowest BCUT2D eigenvalue weighted by molar-refractivity contribution is -0.137. The van der Waals surface area contributed by atoms with Crippen LogP contribution in [0.2, 0.25) is 0 Å². The standard InChI is InChI=1S/C10H14N2O4S/c1-7-8(11)4-3-5-9(7)12-17(14,15)6-10(13)16-2/h3-5,12H,6,11H2,1-2H3. The fraction of sp³-hybridized carbons (Fsp3) is 0.300. The van der Waals surface area contributed by atoms with Crippen LogP contribution in [0.5, 0.6) is 0 Å². The Kier molecular flexibility index (Phi) is 3.95. The number of methoxy groups -OCH3 is 1. The number of esters is 1. The van der Waals surface area contributed by atoms with E-state index in [9.17, 15) is 13.2 Å². The fourth-order valence-electron chi connectivity index (χ4n) is 1.18. The topological polar surface area (TPSA) is 98.5 Å². The van der Waals surface area contributed by atoms with Gasteiger partial charge in [0.2, 0.25) is 10.0 Å². The van der Waals surface area contributed by atoms with Crippen LogP contribution in [0.25, 0.3) is 0 Å². The maximum absolute atomic E-state index is 11.6. The van der Waals surface area contributed by atoms with Crippen molar-refractivity contribution in [2.24, 2.45) is 0 Å². The van der Waals surface area contributed by atoms with E-state index in [1.165, 1.54) is 0 Å². The van der Waals surface area contributed by atoms with Gasteiger partial charge in [-0.15, -0.1) is 0 Å². The molecule has 0 fully saturated rings. The van der Waals surface area contributed by atoms with Gasteiger partial charge in [-0.2, -0.15) is 0 Å². The zero-order chi connectivity index (χ0) is 13.1. The number of hydrogen-bond acceptors (Lipinski definition) is 5. The first-order valence-electron chi connectivity index (χ1n) is 4.78. The molecule has 7 heteroatoms. The number of carbonyl (C=O) groups excluding carboxylic acids is 1. The lowest BCUT2D eigenvalue weighted by Gasteiger charge is -2.11. The summed E-state index contributed by atoms with van der Waals surface area (Å²) in [6, 6.07) is 4.85. The molecule has 0 aliphatic heterocycles. The van der Waals surface area contributed by atoms with Crippen molar-refractivity contribution in [2.75, 3.05) is 23.3 Å². The molecule has 0 atom stereocenters. The van der Waals surface area contributed by atoms with Gasteiger partial charge < -0.3 is 10.5 Å². The number of nitrogen functional groups attached to an aromatic ring is 1. The van der Waals surface area contributed by atoms with E-state index in [1.54, 1.807) is 25.1 Å². The van der Waals surface area contributed by atoms with Crippen molar-refractivity contribution in [1.82, 2.24) is 0 Å². The highest BCUT2D eigenvalue weighted by Crippen LogP contribution is 2.21. The summed E-state index contributed by atoms with van der Waals surface area (Å²) in [5, 5.41) is 0. The number of carbonyl (C=O) groups is 1. The average Bonchev–Trinajstić information content (AvgIpc) is 2.23. The van der Waals surface area contributed by atoms with E-state index in [0.717, 1.165) is 7.11 Å². The van der Waals surface area contributed by atoms with Gasteiger partial charge in [-0.05, 0) is 24.6 Å². The third-order valence-electron chi connectivity index (χ3n) is 2.18. The Bertz CT molecular complexity index is 525. The summed E-state index contributed by atoms with van der Waals surface area (Å²) < 4.78 is 29.7.